The van der Waals surface area contributed by atoms with Gasteiger partial charge >= 0.3 is 11.8 Å². The fourth-order valence-corrected chi connectivity index (χ4v) is 5.62. The first-order valence-electron chi connectivity index (χ1n) is 12.5. The maximum atomic E-state index is 15.2. The van der Waals surface area contributed by atoms with Gasteiger partial charge in [0.05, 0.1) is 34.6 Å². The van der Waals surface area contributed by atoms with E-state index in [9.17, 15) is 9.59 Å². The van der Waals surface area contributed by atoms with Crippen LogP contribution in [0.2, 0.25) is 5.02 Å². The number of H-pyrrole nitrogens is 1. The lowest BCUT2D eigenvalue weighted by molar-refractivity contribution is 0.0844. The van der Waals surface area contributed by atoms with Crippen LogP contribution in [-0.4, -0.2) is 45.8 Å². The monoisotopic (exact) mass is 609 g/mol. The number of hydrogen-bond donors (Lipinski definition) is 2. The Labute approximate surface area is 245 Å². The Hall–Kier alpha value is -4.75. The number of oxazole rings is 1. The zero-order chi connectivity index (χ0) is 29.5. The van der Waals surface area contributed by atoms with E-state index in [1.54, 1.807) is 19.1 Å². The third-order valence-electron chi connectivity index (χ3n) is 6.19. The van der Waals surface area contributed by atoms with Crippen molar-refractivity contribution in [2.24, 2.45) is 0 Å². The van der Waals surface area contributed by atoms with Gasteiger partial charge in [-0.1, -0.05) is 11.6 Å². The summed E-state index contributed by atoms with van der Waals surface area (Å²) in [6, 6.07) is 9.98. The summed E-state index contributed by atoms with van der Waals surface area (Å²) >= 11 is 7.68. The summed E-state index contributed by atoms with van der Waals surface area (Å²) in [7, 11) is 1.52. The second-order valence-electron chi connectivity index (χ2n) is 9.34. The van der Waals surface area contributed by atoms with Crippen LogP contribution >= 0.6 is 22.9 Å². The van der Waals surface area contributed by atoms with Crippen LogP contribution in [0, 0.1) is 12.7 Å². The summed E-state index contributed by atoms with van der Waals surface area (Å²) in [5.41, 5.74) is 4.35. The largest absolute Gasteiger partial charge is 0.487 e. The lowest BCUT2D eigenvalue weighted by Gasteiger charge is -2.15. The summed E-state index contributed by atoms with van der Waals surface area (Å²) in [6.07, 6.45) is 0.00522. The molecule has 0 spiro atoms. The molecule has 11 nitrogen and oxygen atoms in total. The SMILES string of the molecule is COc1cnc2c(-c3nc4c(Cl)c(F)c(OC[C@@H](C)OC(=O)Nc5ccc6[nH]c(=O)oc6c5)cc4s3)cc(C)cc2n1. The van der Waals surface area contributed by atoms with Gasteiger partial charge in [0.15, 0.2) is 17.1 Å². The number of methoxy groups -OCH3 is 1. The van der Waals surface area contributed by atoms with Gasteiger partial charge in [-0.05, 0) is 43.7 Å². The molecule has 0 saturated heterocycles. The van der Waals surface area contributed by atoms with Gasteiger partial charge in [-0.15, -0.1) is 11.3 Å². The van der Waals surface area contributed by atoms with Crippen molar-refractivity contribution in [2.45, 2.75) is 20.0 Å². The van der Waals surface area contributed by atoms with Gasteiger partial charge in [0, 0.05) is 23.4 Å². The lowest BCUT2D eigenvalue weighted by atomic mass is 10.1. The van der Waals surface area contributed by atoms with Crippen LogP contribution in [0.15, 0.2) is 51.8 Å². The summed E-state index contributed by atoms with van der Waals surface area (Å²) in [4.78, 5) is 39.8. The van der Waals surface area contributed by atoms with Crippen molar-refractivity contribution in [3.63, 3.8) is 0 Å². The Morgan fingerprint density at radius 2 is 2.05 bits per heavy atom. The van der Waals surface area contributed by atoms with Gasteiger partial charge in [-0.3, -0.25) is 10.3 Å². The lowest BCUT2D eigenvalue weighted by Crippen LogP contribution is -2.25. The van der Waals surface area contributed by atoms with Gasteiger partial charge in [-0.25, -0.2) is 28.9 Å². The van der Waals surface area contributed by atoms with Crippen molar-refractivity contribution in [3.05, 3.63) is 69.5 Å². The average Bonchev–Trinajstić information content (AvgIpc) is 3.55. The van der Waals surface area contributed by atoms with E-state index in [0.29, 0.717) is 37.8 Å². The van der Waals surface area contributed by atoms with E-state index in [2.05, 4.69) is 25.3 Å². The van der Waals surface area contributed by atoms with Crippen molar-refractivity contribution in [3.8, 4) is 22.2 Å². The number of nitrogens with one attached hydrogen (secondary N) is 2. The van der Waals surface area contributed by atoms with E-state index in [-0.39, 0.29) is 28.5 Å². The Balaban J connectivity index is 1.18. The molecule has 2 N–H and O–H groups in total. The zero-order valence-electron chi connectivity index (χ0n) is 22.3. The van der Waals surface area contributed by atoms with Gasteiger partial charge in [0.2, 0.25) is 5.88 Å². The molecule has 3 aromatic carbocycles. The number of carbonyl (C=O) groups is 1. The highest BCUT2D eigenvalue weighted by Gasteiger charge is 2.21. The van der Waals surface area contributed by atoms with Gasteiger partial charge < -0.3 is 18.6 Å². The number of ether oxygens (including phenoxy) is 3. The minimum absolute atomic E-state index is 0.106. The summed E-state index contributed by atoms with van der Waals surface area (Å²) < 4.78 is 36.9. The van der Waals surface area contributed by atoms with Gasteiger partial charge in [-0.2, -0.15) is 0 Å². The van der Waals surface area contributed by atoms with E-state index < -0.39 is 23.8 Å². The minimum Gasteiger partial charge on any atom is -0.487 e. The molecule has 0 saturated carbocycles. The molecule has 1 amide bonds. The fourth-order valence-electron chi connectivity index (χ4n) is 4.31. The summed E-state index contributed by atoms with van der Waals surface area (Å²) in [6.45, 7) is 3.37. The first kappa shape index (κ1) is 27.4. The molecule has 0 fully saturated rings. The predicted molar refractivity (Wildman–Crippen MR) is 156 cm³/mol. The zero-order valence-corrected chi connectivity index (χ0v) is 23.9. The molecule has 0 unspecified atom stereocenters. The molecule has 0 aliphatic heterocycles. The van der Waals surface area contributed by atoms with Gasteiger partial charge in [0.1, 0.15) is 28.3 Å². The standard InChI is InChI=1S/C28H21ClFN5O6S/c1-12-6-15(24-17(7-12)33-21(38-3)10-31-24)26-35-25-20(42-26)9-19(23(30)22(25)29)39-11-13(2)40-27(36)32-14-4-5-16-18(8-14)41-28(37)34-16/h4-10,13H,11H2,1-3H3,(H,32,36)(H,34,37)/t13-/m1/s1. The Kier molecular flexibility index (Phi) is 7.12. The molecular formula is C28H21ClFN5O6S. The third kappa shape index (κ3) is 5.31. The highest BCUT2D eigenvalue weighted by molar-refractivity contribution is 7.21. The number of rotatable bonds is 7. The number of benzene rings is 3. The fraction of sp³-hybridized carbons (Fsp3) is 0.179. The number of halogens is 2. The van der Waals surface area contributed by atoms with Crippen molar-refractivity contribution in [2.75, 3.05) is 19.0 Å². The number of aryl methyl sites for hydroxylation is 1. The van der Waals surface area contributed by atoms with Crippen molar-refractivity contribution in [1.82, 2.24) is 19.9 Å². The number of nitrogens with zero attached hydrogens (tertiary/aromatic N) is 3. The van der Waals surface area contributed by atoms with E-state index in [1.807, 2.05) is 19.1 Å². The second kappa shape index (κ2) is 10.9. The van der Waals surface area contributed by atoms with E-state index in [0.717, 1.165) is 11.1 Å². The maximum absolute atomic E-state index is 15.2. The highest BCUT2D eigenvalue weighted by atomic mass is 35.5. The number of amides is 1. The number of carbonyl (C=O) groups excluding carboxylic acids is 1. The molecule has 42 heavy (non-hydrogen) atoms. The van der Waals surface area contributed by atoms with Crippen LogP contribution < -0.4 is 20.5 Å². The second-order valence-corrected chi connectivity index (χ2v) is 10.7. The van der Waals surface area contributed by atoms with Crippen LogP contribution in [-0.2, 0) is 4.74 Å². The van der Waals surface area contributed by atoms with Crippen LogP contribution in [0.5, 0.6) is 11.6 Å². The summed E-state index contributed by atoms with van der Waals surface area (Å²) in [5, 5.41) is 2.95. The number of fused-ring (bicyclic) bond motifs is 3. The van der Waals surface area contributed by atoms with Gasteiger partial charge in [0.25, 0.3) is 0 Å². The van der Waals surface area contributed by atoms with Crippen LogP contribution in [0.4, 0.5) is 14.9 Å². The van der Waals surface area contributed by atoms with Crippen LogP contribution in [0.25, 0.3) is 42.9 Å². The number of hydrogen-bond acceptors (Lipinski definition) is 10. The molecule has 1 atom stereocenters. The average molecular weight is 610 g/mol. The maximum Gasteiger partial charge on any atom is 0.417 e. The highest BCUT2D eigenvalue weighted by Crippen LogP contribution is 2.40. The molecule has 0 bridgehead atoms. The number of aromatic nitrogens is 4. The van der Waals surface area contributed by atoms with Crippen LogP contribution in [0.3, 0.4) is 0 Å². The molecule has 3 aromatic heterocycles. The Morgan fingerprint density at radius 1 is 1.21 bits per heavy atom. The smallest absolute Gasteiger partial charge is 0.417 e. The molecule has 0 radical (unpaired) electrons. The Bertz CT molecular complexity index is 2060. The third-order valence-corrected chi connectivity index (χ3v) is 7.57. The molecule has 214 valence electrons. The molecule has 0 aliphatic carbocycles. The molecule has 14 heteroatoms. The predicted octanol–water partition coefficient (Wildman–Crippen LogP) is 6.47. The first-order valence-corrected chi connectivity index (χ1v) is 13.7. The van der Waals surface area contributed by atoms with Crippen molar-refractivity contribution in [1.29, 1.82) is 0 Å². The number of thiazole rings is 1. The van der Waals surface area contributed by atoms with E-state index in [4.69, 9.17) is 30.2 Å². The van der Waals surface area contributed by atoms with Crippen molar-refractivity contribution >= 4 is 67.1 Å². The van der Waals surface area contributed by atoms with E-state index in [1.165, 1.54) is 36.8 Å². The summed E-state index contributed by atoms with van der Waals surface area (Å²) in [5.74, 6) is -1.10. The Morgan fingerprint density at radius 3 is 2.86 bits per heavy atom. The quantitative estimate of drug-likeness (QED) is 0.208. The number of aromatic amines is 1. The molecule has 6 rings (SSSR count). The normalized spacial score (nSPS) is 12.1. The first-order chi connectivity index (χ1) is 20.2. The number of anilines is 1. The van der Waals surface area contributed by atoms with E-state index >= 15 is 4.39 Å². The molecule has 6 aromatic rings. The van der Waals surface area contributed by atoms with Crippen molar-refractivity contribution < 1.29 is 27.8 Å². The molecule has 3 heterocycles. The topological polar surface area (TPSA) is 141 Å². The minimum atomic E-state index is -0.780. The van der Waals surface area contributed by atoms with Crippen LogP contribution in [0.1, 0.15) is 12.5 Å². The molecule has 0 aliphatic rings. The molecular weight excluding hydrogens is 589 g/mol.